The SMILES string of the molecule is CCCCCCCCc1cc(C(=O)NCC(=O)N2CSC[C@H]2C#N)c2ccccc2n1. The standard InChI is InChI=1S/C24H30N4O2S/c1-2-3-4-5-6-7-10-18-13-21(20-11-8-9-12-22(20)27-18)24(30)26-15-23(29)28-17-31-16-19(28)14-25/h8-9,11-13,19H,2-7,10,15-17H2,1H3,(H,26,30)/t19-/m1/s1. The van der Waals surface area contributed by atoms with Gasteiger partial charge in [-0.2, -0.15) is 5.26 Å². The molecule has 0 aliphatic carbocycles. The van der Waals surface area contributed by atoms with Crippen LogP contribution in [-0.2, 0) is 11.2 Å². The number of hydrogen-bond acceptors (Lipinski definition) is 5. The molecule has 0 bridgehead atoms. The van der Waals surface area contributed by atoms with E-state index in [-0.39, 0.29) is 18.4 Å². The summed E-state index contributed by atoms with van der Waals surface area (Å²) < 4.78 is 0. The summed E-state index contributed by atoms with van der Waals surface area (Å²) in [6, 6.07) is 11.2. The number of aromatic nitrogens is 1. The lowest BCUT2D eigenvalue weighted by Crippen LogP contribution is -2.42. The minimum absolute atomic E-state index is 0.110. The van der Waals surface area contributed by atoms with E-state index in [1.807, 2.05) is 30.3 Å². The molecule has 1 aromatic carbocycles. The molecule has 1 atom stereocenters. The number of thioether (sulfide) groups is 1. The number of carbonyl (C=O) groups is 2. The fourth-order valence-electron chi connectivity index (χ4n) is 3.78. The number of nitrogens with one attached hydrogen (secondary N) is 1. The molecule has 1 aromatic heterocycles. The fraction of sp³-hybridized carbons (Fsp3) is 0.500. The highest BCUT2D eigenvalue weighted by Gasteiger charge is 2.29. The summed E-state index contributed by atoms with van der Waals surface area (Å²) in [6.45, 7) is 2.10. The van der Waals surface area contributed by atoms with E-state index in [2.05, 4.69) is 18.3 Å². The predicted molar refractivity (Wildman–Crippen MR) is 125 cm³/mol. The number of benzene rings is 1. The number of unbranched alkanes of at least 4 members (excludes halogenated alkanes) is 5. The highest BCUT2D eigenvalue weighted by atomic mass is 32.2. The van der Waals surface area contributed by atoms with Crippen molar-refractivity contribution in [1.29, 1.82) is 5.26 Å². The number of aryl methyl sites for hydroxylation is 1. The molecule has 0 radical (unpaired) electrons. The van der Waals surface area contributed by atoms with E-state index < -0.39 is 6.04 Å². The van der Waals surface area contributed by atoms with Gasteiger partial charge >= 0.3 is 0 Å². The van der Waals surface area contributed by atoms with Gasteiger partial charge in [0, 0.05) is 16.8 Å². The zero-order chi connectivity index (χ0) is 22.1. The van der Waals surface area contributed by atoms with Crippen molar-refractivity contribution in [3.05, 3.63) is 41.6 Å². The third-order valence-electron chi connectivity index (χ3n) is 5.55. The fourth-order valence-corrected chi connectivity index (χ4v) is 4.88. The first-order valence-electron chi connectivity index (χ1n) is 11.1. The van der Waals surface area contributed by atoms with Crippen molar-refractivity contribution in [2.75, 3.05) is 18.2 Å². The molecular formula is C24H30N4O2S. The Bertz CT molecular complexity index is 956. The smallest absolute Gasteiger partial charge is 0.252 e. The van der Waals surface area contributed by atoms with Crippen LogP contribution in [0.15, 0.2) is 30.3 Å². The summed E-state index contributed by atoms with van der Waals surface area (Å²) in [5.74, 6) is 0.604. The molecule has 2 heterocycles. The minimum Gasteiger partial charge on any atom is -0.343 e. The van der Waals surface area contributed by atoms with Gasteiger partial charge in [0.05, 0.1) is 29.6 Å². The zero-order valence-electron chi connectivity index (χ0n) is 18.1. The van der Waals surface area contributed by atoms with Crippen molar-refractivity contribution >= 4 is 34.5 Å². The lowest BCUT2D eigenvalue weighted by molar-refractivity contribution is -0.129. The number of rotatable bonds is 10. The average molecular weight is 439 g/mol. The van der Waals surface area contributed by atoms with Gasteiger partial charge in [-0.05, 0) is 25.0 Å². The van der Waals surface area contributed by atoms with Gasteiger partial charge in [-0.15, -0.1) is 11.8 Å². The van der Waals surface area contributed by atoms with Crippen molar-refractivity contribution in [2.45, 2.75) is 57.9 Å². The van der Waals surface area contributed by atoms with Crippen LogP contribution < -0.4 is 5.32 Å². The van der Waals surface area contributed by atoms with E-state index in [4.69, 9.17) is 10.2 Å². The van der Waals surface area contributed by atoms with Crippen LogP contribution in [0.2, 0.25) is 0 Å². The summed E-state index contributed by atoms with van der Waals surface area (Å²) in [4.78, 5) is 31.7. The quantitative estimate of drug-likeness (QED) is 0.559. The van der Waals surface area contributed by atoms with Gasteiger partial charge in [0.25, 0.3) is 5.91 Å². The Morgan fingerprint density at radius 3 is 2.81 bits per heavy atom. The molecule has 1 fully saturated rings. The highest BCUT2D eigenvalue weighted by molar-refractivity contribution is 7.99. The predicted octanol–water partition coefficient (Wildman–Crippen LogP) is 4.29. The Kier molecular flexibility index (Phi) is 8.72. The Balaban J connectivity index is 1.66. The second-order valence-electron chi connectivity index (χ2n) is 7.89. The van der Waals surface area contributed by atoms with Crippen LogP contribution in [0.5, 0.6) is 0 Å². The molecule has 1 saturated heterocycles. The lowest BCUT2D eigenvalue weighted by atomic mass is 10.0. The first-order valence-corrected chi connectivity index (χ1v) is 12.2. The zero-order valence-corrected chi connectivity index (χ0v) is 18.9. The van der Waals surface area contributed by atoms with Gasteiger partial charge in [-0.3, -0.25) is 14.6 Å². The number of carbonyl (C=O) groups excluding carboxylic acids is 2. The van der Waals surface area contributed by atoms with Crippen molar-refractivity contribution < 1.29 is 9.59 Å². The van der Waals surface area contributed by atoms with Crippen LogP contribution in [0.25, 0.3) is 10.9 Å². The maximum atomic E-state index is 12.9. The van der Waals surface area contributed by atoms with E-state index in [0.29, 0.717) is 17.2 Å². The molecule has 0 spiro atoms. The first kappa shape index (κ1) is 23.1. The van der Waals surface area contributed by atoms with Gasteiger partial charge in [0.15, 0.2) is 0 Å². The summed E-state index contributed by atoms with van der Waals surface area (Å²) in [5, 5.41) is 12.7. The second kappa shape index (κ2) is 11.7. The number of fused-ring (bicyclic) bond motifs is 1. The highest BCUT2D eigenvalue weighted by Crippen LogP contribution is 2.21. The number of pyridine rings is 1. The summed E-state index contributed by atoms with van der Waals surface area (Å²) in [6.07, 6.45) is 8.07. The molecule has 3 rings (SSSR count). The van der Waals surface area contributed by atoms with E-state index >= 15 is 0 Å². The normalized spacial score (nSPS) is 15.7. The topological polar surface area (TPSA) is 86.1 Å². The number of hydrogen-bond donors (Lipinski definition) is 1. The van der Waals surface area contributed by atoms with Crippen LogP contribution >= 0.6 is 11.8 Å². The average Bonchev–Trinajstić information content (AvgIpc) is 3.28. The molecule has 1 aliphatic heterocycles. The van der Waals surface area contributed by atoms with Gasteiger partial charge in [0.1, 0.15) is 6.04 Å². The van der Waals surface area contributed by atoms with Crippen molar-refractivity contribution in [1.82, 2.24) is 15.2 Å². The first-order chi connectivity index (χ1) is 15.1. The van der Waals surface area contributed by atoms with Gasteiger partial charge in [0.2, 0.25) is 5.91 Å². The van der Waals surface area contributed by atoms with Gasteiger partial charge < -0.3 is 10.2 Å². The Labute approximate surface area is 188 Å². The molecular weight excluding hydrogens is 408 g/mol. The van der Waals surface area contributed by atoms with Crippen LogP contribution in [-0.4, -0.2) is 45.9 Å². The van der Waals surface area contributed by atoms with Crippen molar-refractivity contribution in [3.8, 4) is 6.07 Å². The van der Waals surface area contributed by atoms with Crippen LogP contribution in [0, 0.1) is 11.3 Å². The Morgan fingerprint density at radius 1 is 1.23 bits per heavy atom. The Morgan fingerprint density at radius 2 is 2.00 bits per heavy atom. The molecule has 6 nitrogen and oxygen atoms in total. The molecule has 0 unspecified atom stereocenters. The van der Waals surface area contributed by atoms with E-state index in [0.717, 1.165) is 29.4 Å². The molecule has 2 aromatic rings. The molecule has 31 heavy (non-hydrogen) atoms. The summed E-state index contributed by atoms with van der Waals surface area (Å²) >= 11 is 1.55. The van der Waals surface area contributed by atoms with Crippen LogP contribution in [0.1, 0.15) is 61.5 Å². The van der Waals surface area contributed by atoms with E-state index in [1.54, 1.807) is 11.8 Å². The van der Waals surface area contributed by atoms with Gasteiger partial charge in [-0.25, -0.2) is 0 Å². The largest absolute Gasteiger partial charge is 0.343 e. The second-order valence-corrected chi connectivity index (χ2v) is 8.89. The number of para-hydroxylation sites is 1. The third kappa shape index (κ3) is 6.20. The van der Waals surface area contributed by atoms with E-state index in [1.165, 1.54) is 37.0 Å². The van der Waals surface area contributed by atoms with Crippen molar-refractivity contribution in [3.63, 3.8) is 0 Å². The molecule has 7 heteroatoms. The number of nitrogens with zero attached hydrogens (tertiary/aromatic N) is 3. The molecule has 0 saturated carbocycles. The molecule has 1 aliphatic rings. The van der Waals surface area contributed by atoms with Crippen LogP contribution in [0.3, 0.4) is 0 Å². The Hall–Kier alpha value is -2.59. The monoisotopic (exact) mass is 438 g/mol. The third-order valence-corrected chi connectivity index (χ3v) is 6.56. The number of amides is 2. The molecule has 164 valence electrons. The maximum absolute atomic E-state index is 12.9. The summed E-state index contributed by atoms with van der Waals surface area (Å²) in [5.41, 5.74) is 2.25. The maximum Gasteiger partial charge on any atom is 0.252 e. The van der Waals surface area contributed by atoms with Crippen LogP contribution in [0.4, 0.5) is 0 Å². The molecule has 1 N–H and O–H groups in total. The van der Waals surface area contributed by atoms with E-state index in [9.17, 15) is 9.59 Å². The minimum atomic E-state index is -0.417. The summed E-state index contributed by atoms with van der Waals surface area (Å²) in [7, 11) is 0. The molecule has 2 amide bonds. The van der Waals surface area contributed by atoms with Gasteiger partial charge in [-0.1, -0.05) is 57.2 Å². The lowest BCUT2D eigenvalue weighted by Gasteiger charge is -2.18. The van der Waals surface area contributed by atoms with Crippen molar-refractivity contribution in [2.24, 2.45) is 0 Å². The number of nitriles is 1.